The molecule has 0 aromatic heterocycles. The van der Waals surface area contributed by atoms with Gasteiger partial charge in [-0.15, -0.1) is 0 Å². The van der Waals surface area contributed by atoms with Crippen LogP contribution in [0.5, 0.6) is 5.75 Å². The molecule has 2 aliphatic heterocycles. The molecule has 152 valence electrons. The van der Waals surface area contributed by atoms with Crippen LogP contribution in [0.1, 0.15) is 41.6 Å². The second-order valence-corrected chi connectivity index (χ2v) is 7.91. The number of carbonyl (C=O) groups is 2. The smallest absolute Gasteiger partial charge is 0.256 e. The molecule has 1 aliphatic carbocycles. The third-order valence-electron chi connectivity index (χ3n) is 5.63. The third-order valence-corrected chi connectivity index (χ3v) is 5.63. The monoisotopic (exact) mass is 397 g/mol. The molecule has 5 nitrogen and oxygen atoms in total. The van der Waals surface area contributed by atoms with Gasteiger partial charge in [-0.1, -0.05) is 0 Å². The van der Waals surface area contributed by atoms with Crippen LogP contribution in [0.4, 0.5) is 13.2 Å². The molecule has 1 amide bonds. The van der Waals surface area contributed by atoms with E-state index < -0.39 is 17.6 Å². The minimum atomic E-state index is -2.58. The quantitative estimate of drug-likeness (QED) is 0.784. The van der Waals surface area contributed by atoms with Crippen molar-refractivity contribution < 1.29 is 32.2 Å². The summed E-state index contributed by atoms with van der Waals surface area (Å²) in [6, 6.07) is 2.56. The van der Waals surface area contributed by atoms with Crippen molar-refractivity contribution in [1.82, 2.24) is 4.90 Å². The number of fused-ring (bicyclic) bond motifs is 1. The Kier molecular flexibility index (Phi) is 5.07. The van der Waals surface area contributed by atoms with E-state index in [1.807, 2.05) is 0 Å². The molecule has 0 radical (unpaired) electrons. The maximum atomic E-state index is 14.3. The van der Waals surface area contributed by atoms with E-state index >= 15 is 0 Å². The highest BCUT2D eigenvalue weighted by molar-refractivity contribution is 5.96. The van der Waals surface area contributed by atoms with E-state index in [9.17, 15) is 22.8 Å². The largest absolute Gasteiger partial charge is 0.485 e. The maximum Gasteiger partial charge on any atom is 0.256 e. The van der Waals surface area contributed by atoms with Gasteiger partial charge in [-0.2, -0.15) is 0 Å². The molecule has 1 saturated carbocycles. The number of hydrogen-bond acceptors (Lipinski definition) is 4. The molecule has 2 fully saturated rings. The van der Waals surface area contributed by atoms with E-state index in [1.54, 1.807) is 0 Å². The van der Waals surface area contributed by atoms with Gasteiger partial charge in [0.15, 0.2) is 5.78 Å². The number of halogens is 3. The lowest BCUT2D eigenvalue weighted by Gasteiger charge is -2.40. The zero-order chi connectivity index (χ0) is 19.9. The van der Waals surface area contributed by atoms with Crippen LogP contribution in [-0.2, 0) is 16.0 Å². The summed E-state index contributed by atoms with van der Waals surface area (Å²) < 4.78 is 51.5. The van der Waals surface area contributed by atoms with Crippen molar-refractivity contribution >= 4 is 11.7 Å². The Balaban J connectivity index is 1.28. The summed E-state index contributed by atoms with van der Waals surface area (Å²) in [5, 5.41) is 0. The average Bonchev–Trinajstić information content (AvgIpc) is 2.61. The van der Waals surface area contributed by atoms with Crippen molar-refractivity contribution in [2.75, 3.05) is 26.3 Å². The minimum absolute atomic E-state index is 0.0640. The summed E-state index contributed by atoms with van der Waals surface area (Å²) in [7, 11) is 0. The molecule has 0 bridgehead atoms. The molecule has 1 aromatic rings. The summed E-state index contributed by atoms with van der Waals surface area (Å²) in [5.74, 6) is -3.35. The van der Waals surface area contributed by atoms with Crippen LogP contribution < -0.4 is 4.74 Å². The fourth-order valence-corrected chi connectivity index (χ4v) is 3.92. The molecular weight excluding hydrogens is 375 g/mol. The van der Waals surface area contributed by atoms with E-state index in [-0.39, 0.29) is 49.2 Å². The van der Waals surface area contributed by atoms with Crippen LogP contribution in [0.25, 0.3) is 0 Å². The number of hydrogen-bond donors (Lipinski definition) is 0. The molecule has 0 atom stereocenters. The average molecular weight is 397 g/mol. The van der Waals surface area contributed by atoms with Crippen LogP contribution in [-0.4, -0.2) is 54.9 Å². The third kappa shape index (κ3) is 4.01. The second kappa shape index (κ2) is 7.39. The molecule has 2 heterocycles. The van der Waals surface area contributed by atoms with Gasteiger partial charge in [0.1, 0.15) is 18.2 Å². The Hall–Kier alpha value is -2.09. The first-order valence-electron chi connectivity index (χ1n) is 9.56. The van der Waals surface area contributed by atoms with Crippen molar-refractivity contribution in [3.05, 3.63) is 29.1 Å². The molecule has 0 spiro atoms. The number of likely N-dealkylation sites (tertiary alicyclic amines) is 1. The first-order valence-corrected chi connectivity index (χ1v) is 9.56. The Morgan fingerprint density at radius 3 is 2.68 bits per heavy atom. The summed E-state index contributed by atoms with van der Waals surface area (Å²) >= 11 is 0. The van der Waals surface area contributed by atoms with Crippen LogP contribution in [0.3, 0.4) is 0 Å². The number of alkyl halides is 2. The lowest BCUT2D eigenvalue weighted by Crippen LogP contribution is -2.52. The minimum Gasteiger partial charge on any atom is -0.485 e. The molecule has 1 aromatic carbocycles. The second-order valence-electron chi connectivity index (χ2n) is 7.91. The fraction of sp³-hybridized carbons (Fsp3) is 0.600. The number of nitrogens with zero attached hydrogens (tertiary/aromatic N) is 1. The molecule has 0 N–H and O–H groups in total. The molecule has 0 unspecified atom stereocenters. The Morgan fingerprint density at radius 1 is 1.25 bits per heavy atom. The normalized spacial score (nSPS) is 22.4. The summed E-state index contributed by atoms with van der Waals surface area (Å²) in [4.78, 5) is 25.6. The summed E-state index contributed by atoms with van der Waals surface area (Å²) in [5.41, 5.74) is 0.460. The van der Waals surface area contributed by atoms with Crippen molar-refractivity contribution in [3.8, 4) is 5.75 Å². The SMILES string of the molecule is O=C1COc2cc(F)c(C(=O)N3CC(COC4CCC(F)(F)CC4)C3)cc2C1. The van der Waals surface area contributed by atoms with Gasteiger partial charge in [0.05, 0.1) is 18.3 Å². The van der Waals surface area contributed by atoms with E-state index in [4.69, 9.17) is 9.47 Å². The van der Waals surface area contributed by atoms with Gasteiger partial charge in [0.2, 0.25) is 5.92 Å². The van der Waals surface area contributed by atoms with Crippen molar-refractivity contribution in [3.63, 3.8) is 0 Å². The molecule has 1 saturated heterocycles. The molecule has 8 heteroatoms. The lowest BCUT2D eigenvalue weighted by molar-refractivity contribution is -0.121. The predicted octanol–water partition coefficient (Wildman–Crippen LogP) is 3.00. The summed E-state index contributed by atoms with van der Waals surface area (Å²) in [6.07, 6.45) is 0.396. The number of ketones is 1. The number of benzene rings is 1. The van der Waals surface area contributed by atoms with Crippen molar-refractivity contribution in [1.29, 1.82) is 0 Å². The van der Waals surface area contributed by atoms with Gasteiger partial charge in [0.25, 0.3) is 5.91 Å². The van der Waals surface area contributed by atoms with Gasteiger partial charge in [-0.3, -0.25) is 9.59 Å². The zero-order valence-electron chi connectivity index (χ0n) is 15.4. The van der Waals surface area contributed by atoms with Gasteiger partial charge < -0.3 is 14.4 Å². The highest BCUT2D eigenvalue weighted by Crippen LogP contribution is 2.35. The zero-order valence-corrected chi connectivity index (χ0v) is 15.4. The van der Waals surface area contributed by atoms with E-state index in [0.29, 0.717) is 43.9 Å². The fourth-order valence-electron chi connectivity index (χ4n) is 3.92. The Morgan fingerprint density at radius 2 is 1.96 bits per heavy atom. The Bertz CT molecular complexity index is 782. The van der Waals surface area contributed by atoms with E-state index in [0.717, 1.165) is 6.07 Å². The first-order chi connectivity index (χ1) is 13.3. The van der Waals surface area contributed by atoms with Gasteiger partial charge in [0, 0.05) is 49.9 Å². The highest BCUT2D eigenvalue weighted by Gasteiger charge is 2.37. The van der Waals surface area contributed by atoms with Gasteiger partial charge in [-0.05, 0) is 18.9 Å². The Labute approximate surface area is 160 Å². The first kappa shape index (κ1) is 19.2. The van der Waals surface area contributed by atoms with Crippen LogP contribution in [0, 0.1) is 11.7 Å². The predicted molar refractivity (Wildman–Crippen MR) is 93.2 cm³/mol. The topological polar surface area (TPSA) is 55.8 Å². The molecular formula is C20H22F3NO4. The van der Waals surface area contributed by atoms with E-state index in [2.05, 4.69) is 0 Å². The lowest BCUT2D eigenvalue weighted by atomic mass is 9.93. The van der Waals surface area contributed by atoms with E-state index in [1.165, 1.54) is 11.0 Å². The standard InChI is InChI=1S/C20H22F3NO4/c21-17-7-18-13(5-14(25)11-28-18)6-16(17)19(26)24-8-12(9-24)10-27-15-1-3-20(22,23)4-2-15/h6-7,12,15H,1-5,8-11H2. The number of ether oxygens (including phenoxy) is 2. The highest BCUT2D eigenvalue weighted by atomic mass is 19.3. The maximum absolute atomic E-state index is 14.3. The van der Waals surface area contributed by atoms with Crippen LogP contribution in [0.15, 0.2) is 12.1 Å². The molecule has 4 rings (SSSR count). The number of carbonyl (C=O) groups excluding carboxylic acids is 2. The summed E-state index contributed by atoms with van der Waals surface area (Å²) in [6.45, 7) is 1.21. The number of Topliss-reactive ketones (excluding diaryl/α,β-unsaturated/α-hetero) is 1. The van der Waals surface area contributed by atoms with Crippen molar-refractivity contribution in [2.45, 2.75) is 44.1 Å². The number of rotatable bonds is 4. The van der Waals surface area contributed by atoms with Crippen LogP contribution >= 0.6 is 0 Å². The van der Waals surface area contributed by atoms with Gasteiger partial charge in [-0.25, -0.2) is 13.2 Å². The number of amides is 1. The molecule has 28 heavy (non-hydrogen) atoms. The van der Waals surface area contributed by atoms with Crippen LogP contribution in [0.2, 0.25) is 0 Å². The van der Waals surface area contributed by atoms with Crippen molar-refractivity contribution in [2.24, 2.45) is 5.92 Å². The molecule has 3 aliphatic rings. The van der Waals surface area contributed by atoms with Gasteiger partial charge >= 0.3 is 0 Å².